The van der Waals surface area contributed by atoms with Gasteiger partial charge in [0.2, 0.25) is 5.91 Å². The summed E-state index contributed by atoms with van der Waals surface area (Å²) in [5.74, 6) is 1.68. The van der Waals surface area contributed by atoms with Gasteiger partial charge in [0.1, 0.15) is 5.82 Å². The maximum absolute atomic E-state index is 12.2. The van der Waals surface area contributed by atoms with Crippen molar-refractivity contribution in [1.82, 2.24) is 14.5 Å². The van der Waals surface area contributed by atoms with E-state index in [0.717, 1.165) is 31.5 Å². The molecule has 114 valence electrons. The third kappa shape index (κ3) is 5.33. The lowest BCUT2D eigenvalue weighted by Gasteiger charge is -2.19. The van der Waals surface area contributed by atoms with E-state index < -0.39 is 0 Å². The van der Waals surface area contributed by atoms with Gasteiger partial charge in [0, 0.05) is 32.9 Å². The third-order valence-corrected chi connectivity index (χ3v) is 3.76. The first-order chi connectivity index (χ1) is 9.58. The van der Waals surface area contributed by atoms with Gasteiger partial charge in [-0.05, 0) is 25.3 Å². The minimum atomic E-state index is 0.186. The van der Waals surface area contributed by atoms with E-state index in [1.54, 1.807) is 11.1 Å². The fourth-order valence-corrected chi connectivity index (χ4v) is 2.44. The number of amides is 1. The number of rotatable bonds is 9. The van der Waals surface area contributed by atoms with Crippen LogP contribution in [0.3, 0.4) is 0 Å². The second-order valence-corrected chi connectivity index (χ2v) is 5.47. The van der Waals surface area contributed by atoms with Crippen LogP contribution in [0.4, 0.5) is 0 Å². The summed E-state index contributed by atoms with van der Waals surface area (Å²) in [6.07, 6.45) is 8.53. The summed E-state index contributed by atoms with van der Waals surface area (Å²) in [6, 6.07) is 0. The Kier molecular flexibility index (Phi) is 7.30. The minimum Gasteiger partial charge on any atom is -0.338 e. The molecule has 0 saturated carbocycles. The molecule has 0 aliphatic heterocycles. The molecule has 0 aromatic carbocycles. The highest BCUT2D eigenvalue weighted by Gasteiger charge is 2.14. The molecule has 1 aromatic heterocycles. The molecule has 0 radical (unpaired) electrons. The van der Waals surface area contributed by atoms with Gasteiger partial charge < -0.3 is 15.2 Å². The van der Waals surface area contributed by atoms with E-state index in [1.807, 2.05) is 24.9 Å². The van der Waals surface area contributed by atoms with Gasteiger partial charge in [-0.1, -0.05) is 19.8 Å². The summed E-state index contributed by atoms with van der Waals surface area (Å²) in [4.78, 5) is 18.2. The maximum Gasteiger partial charge on any atom is 0.222 e. The number of nitrogens with two attached hydrogens (primary N) is 1. The monoisotopic (exact) mass is 280 g/mol. The molecule has 1 rings (SSSR count). The van der Waals surface area contributed by atoms with E-state index in [9.17, 15) is 4.79 Å². The van der Waals surface area contributed by atoms with Crippen LogP contribution in [0.2, 0.25) is 0 Å². The second-order valence-electron chi connectivity index (χ2n) is 5.47. The fourth-order valence-electron chi connectivity index (χ4n) is 2.44. The Morgan fingerprint density at radius 1 is 1.45 bits per heavy atom. The minimum absolute atomic E-state index is 0.186. The average molecular weight is 280 g/mol. The number of hydrogen-bond acceptors (Lipinski definition) is 3. The third-order valence-electron chi connectivity index (χ3n) is 3.76. The second kappa shape index (κ2) is 8.74. The summed E-state index contributed by atoms with van der Waals surface area (Å²) in [6.45, 7) is 3.46. The molecule has 0 spiro atoms. The van der Waals surface area contributed by atoms with Crippen LogP contribution < -0.4 is 5.73 Å². The summed E-state index contributed by atoms with van der Waals surface area (Å²) in [7, 11) is 3.79. The molecule has 0 aliphatic carbocycles. The van der Waals surface area contributed by atoms with Crippen molar-refractivity contribution in [2.75, 3.05) is 13.6 Å². The van der Waals surface area contributed by atoms with Crippen molar-refractivity contribution >= 4 is 5.91 Å². The van der Waals surface area contributed by atoms with Gasteiger partial charge in [0.25, 0.3) is 0 Å². The molecule has 1 amide bonds. The predicted molar refractivity (Wildman–Crippen MR) is 81.0 cm³/mol. The van der Waals surface area contributed by atoms with Crippen LogP contribution in [-0.4, -0.2) is 34.0 Å². The molecule has 1 heterocycles. The normalized spacial score (nSPS) is 12.4. The number of aryl methyl sites for hydroxylation is 1. The number of nitrogens with zero attached hydrogens (tertiary/aromatic N) is 3. The van der Waals surface area contributed by atoms with E-state index >= 15 is 0 Å². The van der Waals surface area contributed by atoms with Gasteiger partial charge >= 0.3 is 0 Å². The Bertz CT molecular complexity index is 396. The molecule has 2 N–H and O–H groups in total. The number of imidazole rings is 1. The van der Waals surface area contributed by atoms with Crippen LogP contribution in [0.5, 0.6) is 0 Å². The van der Waals surface area contributed by atoms with Gasteiger partial charge in [-0.2, -0.15) is 0 Å². The SMILES string of the molecule is CCCC(CCN)CCC(=O)N(C)Cc1nccn1C. The highest BCUT2D eigenvalue weighted by Crippen LogP contribution is 2.17. The van der Waals surface area contributed by atoms with Crippen molar-refractivity contribution in [3.05, 3.63) is 18.2 Å². The number of carbonyl (C=O) groups is 1. The van der Waals surface area contributed by atoms with Gasteiger partial charge in [0.15, 0.2) is 0 Å². The lowest BCUT2D eigenvalue weighted by Crippen LogP contribution is -2.28. The van der Waals surface area contributed by atoms with Gasteiger partial charge in [-0.15, -0.1) is 0 Å². The topological polar surface area (TPSA) is 64.2 Å². The number of carbonyl (C=O) groups excluding carboxylic acids is 1. The smallest absolute Gasteiger partial charge is 0.222 e. The molecule has 1 unspecified atom stereocenters. The zero-order valence-electron chi connectivity index (χ0n) is 13.0. The first-order valence-corrected chi connectivity index (χ1v) is 7.48. The van der Waals surface area contributed by atoms with Crippen LogP contribution in [0.15, 0.2) is 12.4 Å². The van der Waals surface area contributed by atoms with Gasteiger partial charge in [0.05, 0.1) is 6.54 Å². The Labute approximate surface area is 122 Å². The molecule has 0 aliphatic rings. The molecule has 1 aromatic rings. The summed E-state index contributed by atoms with van der Waals surface area (Å²) < 4.78 is 1.94. The lowest BCUT2D eigenvalue weighted by molar-refractivity contribution is -0.130. The van der Waals surface area contributed by atoms with Crippen LogP contribution in [-0.2, 0) is 18.4 Å². The molecule has 5 nitrogen and oxygen atoms in total. The van der Waals surface area contributed by atoms with E-state index in [4.69, 9.17) is 5.73 Å². The molecule has 0 fully saturated rings. The van der Waals surface area contributed by atoms with Crippen molar-refractivity contribution in [1.29, 1.82) is 0 Å². The quantitative estimate of drug-likeness (QED) is 0.751. The molecule has 0 bridgehead atoms. The molecule has 1 atom stereocenters. The Balaban J connectivity index is 2.39. The van der Waals surface area contributed by atoms with E-state index in [0.29, 0.717) is 25.4 Å². The Morgan fingerprint density at radius 3 is 2.75 bits per heavy atom. The zero-order valence-corrected chi connectivity index (χ0v) is 13.0. The first-order valence-electron chi connectivity index (χ1n) is 7.48. The zero-order chi connectivity index (χ0) is 15.0. The maximum atomic E-state index is 12.2. The van der Waals surface area contributed by atoms with Crippen LogP contribution in [0, 0.1) is 5.92 Å². The largest absolute Gasteiger partial charge is 0.338 e. The van der Waals surface area contributed by atoms with Crippen LogP contribution in [0.1, 0.15) is 44.9 Å². The van der Waals surface area contributed by atoms with Crippen molar-refractivity contribution in [3.8, 4) is 0 Å². The summed E-state index contributed by atoms with van der Waals surface area (Å²) in [5, 5.41) is 0. The molecule has 0 saturated heterocycles. The van der Waals surface area contributed by atoms with Gasteiger partial charge in [-0.25, -0.2) is 4.98 Å². The van der Waals surface area contributed by atoms with Crippen LogP contribution >= 0.6 is 0 Å². The molecular formula is C15H28N4O. The van der Waals surface area contributed by atoms with Crippen LogP contribution in [0.25, 0.3) is 0 Å². The molecule has 20 heavy (non-hydrogen) atoms. The van der Waals surface area contributed by atoms with Crippen molar-refractivity contribution in [2.24, 2.45) is 18.7 Å². The average Bonchev–Trinajstić information content (AvgIpc) is 2.81. The molecular weight excluding hydrogens is 252 g/mol. The van der Waals surface area contributed by atoms with E-state index in [1.165, 1.54) is 0 Å². The first kappa shape index (κ1) is 16.7. The predicted octanol–water partition coefficient (Wildman–Crippen LogP) is 1.92. The number of aromatic nitrogens is 2. The highest BCUT2D eigenvalue weighted by atomic mass is 16.2. The molecule has 5 heteroatoms. The summed E-state index contributed by atoms with van der Waals surface area (Å²) in [5.41, 5.74) is 5.63. The highest BCUT2D eigenvalue weighted by molar-refractivity contribution is 5.75. The summed E-state index contributed by atoms with van der Waals surface area (Å²) >= 11 is 0. The van der Waals surface area contributed by atoms with E-state index in [-0.39, 0.29) is 5.91 Å². The van der Waals surface area contributed by atoms with Crippen molar-refractivity contribution in [3.63, 3.8) is 0 Å². The lowest BCUT2D eigenvalue weighted by atomic mass is 9.94. The Hall–Kier alpha value is -1.36. The van der Waals surface area contributed by atoms with Gasteiger partial charge in [-0.3, -0.25) is 4.79 Å². The van der Waals surface area contributed by atoms with E-state index in [2.05, 4.69) is 11.9 Å². The Morgan fingerprint density at radius 2 is 2.20 bits per heavy atom. The van der Waals surface area contributed by atoms with Crippen molar-refractivity contribution < 1.29 is 4.79 Å². The standard InChI is InChI=1S/C15H28N4O/c1-4-5-13(8-9-16)6-7-15(20)19(3)12-14-17-10-11-18(14)2/h10-11,13H,4-9,12,16H2,1-3H3. The van der Waals surface area contributed by atoms with Crippen molar-refractivity contribution in [2.45, 2.75) is 45.6 Å². The fraction of sp³-hybridized carbons (Fsp3) is 0.733. The number of hydrogen-bond donors (Lipinski definition) is 1.